The van der Waals surface area contributed by atoms with Crippen molar-refractivity contribution in [3.05, 3.63) is 29.8 Å². The van der Waals surface area contributed by atoms with Crippen molar-refractivity contribution < 1.29 is 9.84 Å². The van der Waals surface area contributed by atoms with E-state index in [2.05, 4.69) is 31.2 Å². The Bertz CT molecular complexity index is 432. The molecule has 1 fully saturated rings. The van der Waals surface area contributed by atoms with Crippen LogP contribution >= 0.6 is 0 Å². The van der Waals surface area contributed by atoms with Gasteiger partial charge in [-0.25, -0.2) is 0 Å². The van der Waals surface area contributed by atoms with E-state index in [4.69, 9.17) is 9.84 Å². The second kappa shape index (κ2) is 12.4. The number of benzene rings is 1. The van der Waals surface area contributed by atoms with E-state index in [0.717, 1.165) is 30.4 Å². The lowest BCUT2D eigenvalue weighted by Gasteiger charge is -2.29. The highest BCUT2D eigenvalue weighted by molar-refractivity contribution is 5.29. The zero-order chi connectivity index (χ0) is 17.7. The zero-order valence-electron chi connectivity index (χ0n) is 16.2. The number of aliphatic hydroxyl groups excluding tert-OH is 1. The molecule has 142 valence electrons. The average molecular weight is 347 g/mol. The number of unbranched alkanes of at least 4 members (excludes halogenated alkanes) is 5. The molecule has 2 heteroatoms. The van der Waals surface area contributed by atoms with E-state index >= 15 is 0 Å². The molecule has 1 aromatic rings. The fourth-order valence-corrected chi connectivity index (χ4v) is 4.06. The third kappa shape index (κ3) is 7.81. The lowest BCUT2D eigenvalue weighted by atomic mass is 9.77. The number of hydrogen-bond donors (Lipinski definition) is 1. The van der Waals surface area contributed by atoms with Crippen molar-refractivity contribution in [1.29, 1.82) is 0 Å². The Balaban J connectivity index is 1.64. The van der Waals surface area contributed by atoms with E-state index in [9.17, 15) is 0 Å². The smallest absolute Gasteiger partial charge is 0.119 e. The minimum Gasteiger partial charge on any atom is -0.494 e. The summed E-state index contributed by atoms with van der Waals surface area (Å²) in [5.41, 5.74) is 1.49. The summed E-state index contributed by atoms with van der Waals surface area (Å²) in [7, 11) is 0. The van der Waals surface area contributed by atoms with Crippen molar-refractivity contribution in [2.75, 3.05) is 13.2 Å². The molecule has 0 atom stereocenters. The van der Waals surface area contributed by atoms with E-state index in [-0.39, 0.29) is 6.61 Å². The summed E-state index contributed by atoms with van der Waals surface area (Å²) in [6.45, 7) is 3.24. The number of ether oxygens (including phenoxy) is 1. The summed E-state index contributed by atoms with van der Waals surface area (Å²) >= 11 is 0. The van der Waals surface area contributed by atoms with Gasteiger partial charge in [-0.3, -0.25) is 0 Å². The molecule has 1 aromatic carbocycles. The molecule has 0 saturated heterocycles. The summed E-state index contributed by atoms with van der Waals surface area (Å²) in [6.07, 6.45) is 15.8. The van der Waals surface area contributed by atoms with Gasteiger partial charge in [0.2, 0.25) is 0 Å². The molecule has 0 amide bonds. The summed E-state index contributed by atoms with van der Waals surface area (Å²) < 4.78 is 5.73. The maximum Gasteiger partial charge on any atom is 0.119 e. The quantitative estimate of drug-likeness (QED) is 0.439. The molecule has 25 heavy (non-hydrogen) atoms. The van der Waals surface area contributed by atoms with Crippen LogP contribution in [0, 0.1) is 5.92 Å². The molecule has 1 aliphatic carbocycles. The summed E-state index contributed by atoms with van der Waals surface area (Å²) in [6, 6.07) is 8.76. The maximum atomic E-state index is 8.79. The molecule has 0 bridgehead atoms. The number of aliphatic hydroxyl groups is 1. The molecule has 0 aliphatic heterocycles. The molecule has 1 aliphatic rings. The van der Waals surface area contributed by atoms with E-state index in [0.29, 0.717) is 6.61 Å². The first-order valence-corrected chi connectivity index (χ1v) is 10.7. The van der Waals surface area contributed by atoms with E-state index in [1.807, 2.05) is 0 Å². The highest BCUT2D eigenvalue weighted by atomic mass is 16.5. The highest BCUT2D eigenvalue weighted by Gasteiger charge is 2.22. The Morgan fingerprint density at radius 3 is 2.28 bits per heavy atom. The van der Waals surface area contributed by atoms with Crippen LogP contribution in [0.2, 0.25) is 0 Å². The third-order valence-corrected chi connectivity index (χ3v) is 5.74. The summed E-state index contributed by atoms with van der Waals surface area (Å²) in [5.74, 6) is 2.69. The van der Waals surface area contributed by atoms with E-state index in [1.165, 1.54) is 69.8 Å². The fraction of sp³-hybridized carbons (Fsp3) is 0.739. The van der Waals surface area contributed by atoms with Crippen molar-refractivity contribution >= 4 is 0 Å². The van der Waals surface area contributed by atoms with Crippen LogP contribution in [-0.4, -0.2) is 18.3 Å². The number of rotatable bonds is 12. The minimum atomic E-state index is 0.254. The Kier molecular flexibility index (Phi) is 10.0. The Morgan fingerprint density at radius 2 is 1.60 bits per heavy atom. The molecular formula is C23H38O2. The van der Waals surface area contributed by atoms with Crippen LogP contribution in [0.5, 0.6) is 5.75 Å². The summed E-state index contributed by atoms with van der Waals surface area (Å²) in [5, 5.41) is 8.79. The minimum absolute atomic E-state index is 0.254. The first kappa shape index (κ1) is 20.3. The van der Waals surface area contributed by atoms with Crippen LogP contribution in [0.25, 0.3) is 0 Å². The Morgan fingerprint density at radius 1 is 0.880 bits per heavy atom. The molecule has 0 radical (unpaired) electrons. The predicted octanol–water partition coefficient (Wildman–Crippen LogP) is 6.47. The van der Waals surface area contributed by atoms with Crippen LogP contribution < -0.4 is 4.74 Å². The lowest BCUT2D eigenvalue weighted by Crippen LogP contribution is -2.13. The van der Waals surface area contributed by atoms with Gasteiger partial charge in [-0.15, -0.1) is 0 Å². The topological polar surface area (TPSA) is 29.5 Å². The van der Waals surface area contributed by atoms with Gasteiger partial charge in [0.25, 0.3) is 0 Å². The molecule has 1 N–H and O–H groups in total. The molecule has 1 saturated carbocycles. The zero-order valence-corrected chi connectivity index (χ0v) is 16.2. The molecule has 2 nitrogen and oxygen atoms in total. The van der Waals surface area contributed by atoms with Gasteiger partial charge in [0.1, 0.15) is 5.75 Å². The SMILES string of the molecule is CCCCCCCC1CCC(c2ccc(OCCCCO)cc2)CC1. The standard InChI is InChI=1S/C23H38O2/c1-2-3-4-5-6-9-20-10-12-21(13-11-20)22-14-16-23(17-15-22)25-19-8-7-18-24/h14-17,20-21,24H,2-13,18-19H2,1H3. The van der Waals surface area contributed by atoms with Crippen molar-refractivity contribution in [2.24, 2.45) is 5.92 Å². The molecule has 0 heterocycles. The normalized spacial score (nSPS) is 20.6. The lowest BCUT2D eigenvalue weighted by molar-refractivity contribution is 0.253. The van der Waals surface area contributed by atoms with Crippen LogP contribution in [0.15, 0.2) is 24.3 Å². The van der Waals surface area contributed by atoms with Crippen LogP contribution in [0.3, 0.4) is 0 Å². The number of hydrogen-bond acceptors (Lipinski definition) is 2. The van der Waals surface area contributed by atoms with Gasteiger partial charge < -0.3 is 9.84 Å². The second-order valence-electron chi connectivity index (χ2n) is 7.77. The van der Waals surface area contributed by atoms with Crippen molar-refractivity contribution in [2.45, 2.75) is 89.9 Å². The largest absolute Gasteiger partial charge is 0.494 e. The van der Waals surface area contributed by atoms with Gasteiger partial charge >= 0.3 is 0 Å². The van der Waals surface area contributed by atoms with Gasteiger partial charge in [-0.2, -0.15) is 0 Å². The van der Waals surface area contributed by atoms with Crippen molar-refractivity contribution in [1.82, 2.24) is 0 Å². The highest BCUT2D eigenvalue weighted by Crippen LogP contribution is 2.38. The van der Waals surface area contributed by atoms with Crippen LogP contribution in [0.1, 0.15) is 95.5 Å². The van der Waals surface area contributed by atoms with Crippen LogP contribution in [-0.2, 0) is 0 Å². The molecule has 2 rings (SSSR count). The first-order chi connectivity index (χ1) is 12.3. The van der Waals surface area contributed by atoms with E-state index in [1.54, 1.807) is 0 Å². The molecule has 0 aromatic heterocycles. The van der Waals surface area contributed by atoms with Gasteiger partial charge in [0.05, 0.1) is 6.61 Å². The van der Waals surface area contributed by atoms with Gasteiger partial charge in [-0.1, -0.05) is 57.6 Å². The van der Waals surface area contributed by atoms with Gasteiger partial charge in [0.15, 0.2) is 0 Å². The molecular weight excluding hydrogens is 308 g/mol. The average Bonchev–Trinajstić information content (AvgIpc) is 2.66. The fourth-order valence-electron chi connectivity index (χ4n) is 4.06. The maximum absolute atomic E-state index is 8.79. The third-order valence-electron chi connectivity index (χ3n) is 5.74. The van der Waals surface area contributed by atoms with Crippen molar-refractivity contribution in [3.8, 4) is 5.75 Å². The molecule has 0 spiro atoms. The van der Waals surface area contributed by atoms with E-state index < -0.39 is 0 Å². The Hall–Kier alpha value is -1.02. The monoisotopic (exact) mass is 346 g/mol. The van der Waals surface area contributed by atoms with Gasteiger partial charge in [0, 0.05) is 6.61 Å². The molecule has 0 unspecified atom stereocenters. The Labute approximate surface area is 155 Å². The van der Waals surface area contributed by atoms with Crippen molar-refractivity contribution in [3.63, 3.8) is 0 Å². The van der Waals surface area contributed by atoms with Crippen LogP contribution in [0.4, 0.5) is 0 Å². The van der Waals surface area contributed by atoms with Gasteiger partial charge in [-0.05, 0) is 68.1 Å². The first-order valence-electron chi connectivity index (χ1n) is 10.7. The summed E-state index contributed by atoms with van der Waals surface area (Å²) in [4.78, 5) is 0. The predicted molar refractivity (Wildman–Crippen MR) is 106 cm³/mol. The second-order valence-corrected chi connectivity index (χ2v) is 7.77.